The van der Waals surface area contributed by atoms with Crippen LogP contribution in [0.3, 0.4) is 0 Å². The van der Waals surface area contributed by atoms with Gasteiger partial charge in [0.15, 0.2) is 5.16 Å². The first kappa shape index (κ1) is 18.9. The molecule has 1 saturated carbocycles. The summed E-state index contributed by atoms with van der Waals surface area (Å²) in [7, 11) is 0. The summed E-state index contributed by atoms with van der Waals surface area (Å²) in [5.41, 5.74) is 0.570. The number of alkyl halides is 2. The largest absolute Gasteiger partial charge is 0.325 e. The number of amides is 1. The van der Waals surface area contributed by atoms with E-state index in [0.717, 1.165) is 18.7 Å². The number of anilines is 1. The van der Waals surface area contributed by atoms with Crippen molar-refractivity contribution in [2.75, 3.05) is 11.1 Å². The average molecular weight is 396 g/mol. The van der Waals surface area contributed by atoms with Gasteiger partial charge in [-0.15, -0.1) is 16.8 Å². The van der Waals surface area contributed by atoms with Gasteiger partial charge in [-0.3, -0.25) is 4.79 Å². The minimum atomic E-state index is -2.46. The van der Waals surface area contributed by atoms with Crippen LogP contribution >= 0.6 is 23.5 Å². The summed E-state index contributed by atoms with van der Waals surface area (Å²) in [6.45, 7) is 4.38. The highest BCUT2D eigenvalue weighted by atomic mass is 32.2. The van der Waals surface area contributed by atoms with Gasteiger partial charge < -0.3 is 9.88 Å². The maximum atomic E-state index is 12.3. The second kappa shape index (κ2) is 8.68. The van der Waals surface area contributed by atoms with E-state index in [0.29, 0.717) is 40.0 Å². The van der Waals surface area contributed by atoms with E-state index in [2.05, 4.69) is 22.1 Å². The van der Waals surface area contributed by atoms with Gasteiger partial charge in [0.2, 0.25) is 5.91 Å². The zero-order valence-corrected chi connectivity index (χ0v) is 15.5. The number of nitrogens with one attached hydrogen (secondary N) is 1. The van der Waals surface area contributed by atoms with Crippen LogP contribution in [-0.4, -0.2) is 32.2 Å². The third kappa shape index (κ3) is 5.07. The molecule has 9 heteroatoms. The van der Waals surface area contributed by atoms with Crippen LogP contribution in [0.25, 0.3) is 0 Å². The molecular formula is C17H18F2N4OS2. The molecule has 138 valence electrons. The Labute approximate surface area is 158 Å². The quantitative estimate of drug-likeness (QED) is 0.503. The second-order valence-corrected chi connectivity index (χ2v) is 7.76. The number of benzene rings is 1. The molecule has 1 aromatic carbocycles. The maximum Gasteiger partial charge on any atom is 0.288 e. The number of hydrogen-bond acceptors (Lipinski definition) is 5. The Morgan fingerprint density at radius 3 is 2.69 bits per heavy atom. The van der Waals surface area contributed by atoms with Crippen LogP contribution in [-0.2, 0) is 11.3 Å². The third-order valence-electron chi connectivity index (χ3n) is 3.70. The Bertz CT molecular complexity index is 776. The predicted octanol–water partition coefficient (Wildman–Crippen LogP) is 4.39. The molecule has 1 fully saturated rings. The van der Waals surface area contributed by atoms with Crippen molar-refractivity contribution in [3.8, 4) is 0 Å². The van der Waals surface area contributed by atoms with Crippen LogP contribution in [0.2, 0.25) is 0 Å². The van der Waals surface area contributed by atoms with Gasteiger partial charge in [-0.2, -0.15) is 8.78 Å². The molecule has 0 bridgehead atoms. The Kier molecular flexibility index (Phi) is 6.31. The molecule has 0 spiro atoms. The summed E-state index contributed by atoms with van der Waals surface area (Å²) < 4.78 is 26.6. The zero-order chi connectivity index (χ0) is 18.5. The van der Waals surface area contributed by atoms with Crippen molar-refractivity contribution in [1.29, 1.82) is 0 Å². The van der Waals surface area contributed by atoms with Crippen LogP contribution in [0, 0.1) is 0 Å². The highest BCUT2D eigenvalue weighted by Gasteiger charge is 2.30. The normalized spacial score (nSPS) is 13.8. The van der Waals surface area contributed by atoms with Crippen molar-refractivity contribution in [3.63, 3.8) is 0 Å². The second-order valence-electron chi connectivity index (χ2n) is 5.75. The first-order valence-corrected chi connectivity index (χ1v) is 9.95. The standard InChI is InChI=1S/C17H18F2N4OS2/c1-2-9-23-15(11-3-4-11)21-22-17(23)25-10-14(24)20-12-5-7-13(8-6-12)26-16(18)19/h2,5-8,11,16H,1,3-4,9-10H2,(H,20,24). The lowest BCUT2D eigenvalue weighted by Crippen LogP contribution is -2.14. The van der Waals surface area contributed by atoms with Crippen LogP contribution < -0.4 is 5.32 Å². The number of carbonyl (C=O) groups is 1. The zero-order valence-electron chi connectivity index (χ0n) is 13.9. The van der Waals surface area contributed by atoms with Gasteiger partial charge in [0, 0.05) is 23.0 Å². The molecule has 1 amide bonds. The number of halogens is 2. The van der Waals surface area contributed by atoms with E-state index in [4.69, 9.17) is 0 Å². The fourth-order valence-electron chi connectivity index (χ4n) is 2.40. The minimum absolute atomic E-state index is 0.188. The third-order valence-corrected chi connectivity index (χ3v) is 5.38. The smallest absolute Gasteiger partial charge is 0.288 e. The topological polar surface area (TPSA) is 59.8 Å². The molecule has 0 atom stereocenters. The molecule has 26 heavy (non-hydrogen) atoms. The summed E-state index contributed by atoms with van der Waals surface area (Å²) >= 11 is 1.79. The van der Waals surface area contributed by atoms with Crippen LogP contribution in [0.4, 0.5) is 14.5 Å². The molecule has 5 nitrogen and oxygen atoms in total. The lowest BCUT2D eigenvalue weighted by Gasteiger charge is -2.08. The lowest BCUT2D eigenvalue weighted by atomic mass is 10.3. The van der Waals surface area contributed by atoms with Crippen molar-refractivity contribution in [1.82, 2.24) is 14.8 Å². The van der Waals surface area contributed by atoms with Gasteiger partial charge in [-0.05, 0) is 37.1 Å². The molecular weight excluding hydrogens is 378 g/mol. The monoisotopic (exact) mass is 396 g/mol. The lowest BCUT2D eigenvalue weighted by molar-refractivity contribution is -0.113. The Balaban J connectivity index is 1.55. The molecule has 1 aliphatic rings. The number of nitrogens with zero attached hydrogens (tertiary/aromatic N) is 3. The number of aromatic nitrogens is 3. The number of thioether (sulfide) groups is 2. The van der Waals surface area contributed by atoms with E-state index in [1.807, 2.05) is 4.57 Å². The van der Waals surface area contributed by atoms with Gasteiger partial charge in [-0.1, -0.05) is 29.6 Å². The number of allylic oxidation sites excluding steroid dienone is 1. The molecule has 0 radical (unpaired) electrons. The molecule has 1 N–H and O–H groups in total. The summed E-state index contributed by atoms with van der Waals surface area (Å²) in [5, 5.41) is 11.9. The molecule has 1 aliphatic carbocycles. The fourth-order valence-corrected chi connectivity index (χ4v) is 3.65. The van der Waals surface area contributed by atoms with Gasteiger partial charge in [0.05, 0.1) is 5.75 Å². The number of rotatable bonds is 9. The van der Waals surface area contributed by atoms with E-state index in [1.54, 1.807) is 30.3 Å². The summed E-state index contributed by atoms with van der Waals surface area (Å²) in [5.74, 6) is -1.03. The van der Waals surface area contributed by atoms with Crippen LogP contribution in [0.15, 0.2) is 47.0 Å². The molecule has 0 saturated heterocycles. The molecule has 1 heterocycles. The molecule has 3 rings (SSSR count). The maximum absolute atomic E-state index is 12.3. The first-order chi connectivity index (χ1) is 12.6. The van der Waals surface area contributed by atoms with Crippen molar-refractivity contribution in [2.45, 2.75) is 41.1 Å². The molecule has 0 unspecified atom stereocenters. The van der Waals surface area contributed by atoms with Crippen molar-refractivity contribution >= 4 is 35.1 Å². The number of carbonyl (C=O) groups excluding carboxylic acids is 1. The van der Waals surface area contributed by atoms with Crippen molar-refractivity contribution < 1.29 is 13.6 Å². The van der Waals surface area contributed by atoms with Crippen molar-refractivity contribution in [2.24, 2.45) is 0 Å². The summed E-state index contributed by atoms with van der Waals surface area (Å²) in [4.78, 5) is 12.6. The summed E-state index contributed by atoms with van der Waals surface area (Å²) in [6.07, 6.45) is 4.04. The molecule has 0 aliphatic heterocycles. The molecule has 2 aromatic rings. The highest BCUT2D eigenvalue weighted by molar-refractivity contribution is 8.00. The fraction of sp³-hybridized carbons (Fsp3) is 0.353. The van der Waals surface area contributed by atoms with E-state index in [-0.39, 0.29) is 11.7 Å². The predicted molar refractivity (Wildman–Crippen MR) is 99.9 cm³/mol. The van der Waals surface area contributed by atoms with Gasteiger partial charge in [0.25, 0.3) is 5.76 Å². The Morgan fingerprint density at radius 1 is 1.35 bits per heavy atom. The van der Waals surface area contributed by atoms with Crippen LogP contribution in [0.5, 0.6) is 0 Å². The van der Waals surface area contributed by atoms with Crippen molar-refractivity contribution in [3.05, 3.63) is 42.7 Å². The van der Waals surface area contributed by atoms with E-state index in [1.165, 1.54) is 11.8 Å². The SMILES string of the molecule is C=CCn1c(SCC(=O)Nc2ccc(SC(F)F)cc2)nnc1C1CC1. The molecule has 1 aromatic heterocycles. The van der Waals surface area contributed by atoms with Gasteiger partial charge >= 0.3 is 0 Å². The number of hydrogen-bond donors (Lipinski definition) is 1. The van der Waals surface area contributed by atoms with Crippen LogP contribution in [0.1, 0.15) is 24.6 Å². The van der Waals surface area contributed by atoms with Gasteiger partial charge in [0.1, 0.15) is 5.82 Å². The van der Waals surface area contributed by atoms with E-state index in [9.17, 15) is 13.6 Å². The summed E-state index contributed by atoms with van der Waals surface area (Å²) in [6, 6.07) is 6.34. The van der Waals surface area contributed by atoms with Gasteiger partial charge in [-0.25, -0.2) is 0 Å². The Morgan fingerprint density at radius 2 is 2.08 bits per heavy atom. The first-order valence-electron chi connectivity index (χ1n) is 8.08. The Hall–Kier alpha value is -1.87. The van der Waals surface area contributed by atoms with E-state index >= 15 is 0 Å². The minimum Gasteiger partial charge on any atom is -0.325 e. The van der Waals surface area contributed by atoms with E-state index < -0.39 is 5.76 Å². The average Bonchev–Trinajstić information content (AvgIpc) is 3.37. The highest BCUT2D eigenvalue weighted by Crippen LogP contribution is 2.40.